The standard InChI is InChI=1S/C26H29ClN4O3S/c1-16-7-10-19(13-17(16)2)28-26(33)31-22-6-4-3-5-21(22)30-25(32)23-15-35-24(29-23)14-34-20-11-8-18(27)9-12-20/h7-13,15,21-22H,3-6,14H2,1-2H3,(H,30,32)(H2,28,31,33)/t21-,22+/m0/s1. The molecule has 0 aliphatic heterocycles. The van der Waals surface area contributed by atoms with E-state index < -0.39 is 0 Å². The molecule has 35 heavy (non-hydrogen) atoms. The lowest BCUT2D eigenvalue weighted by molar-refractivity contribution is 0.0911. The Bertz CT molecular complexity index is 1180. The maximum Gasteiger partial charge on any atom is 0.319 e. The van der Waals surface area contributed by atoms with E-state index >= 15 is 0 Å². The molecule has 1 heterocycles. The number of aryl methyl sites for hydroxylation is 2. The summed E-state index contributed by atoms with van der Waals surface area (Å²) < 4.78 is 5.72. The maximum atomic E-state index is 12.9. The summed E-state index contributed by atoms with van der Waals surface area (Å²) in [5.74, 6) is 0.443. The highest BCUT2D eigenvalue weighted by molar-refractivity contribution is 7.09. The monoisotopic (exact) mass is 512 g/mol. The highest BCUT2D eigenvalue weighted by Gasteiger charge is 2.28. The van der Waals surface area contributed by atoms with Crippen LogP contribution in [0.4, 0.5) is 10.5 Å². The molecule has 7 nitrogen and oxygen atoms in total. The van der Waals surface area contributed by atoms with Crippen LogP contribution in [0.2, 0.25) is 5.02 Å². The number of thiazole rings is 1. The van der Waals surface area contributed by atoms with E-state index in [0.29, 0.717) is 21.5 Å². The van der Waals surface area contributed by atoms with E-state index in [0.717, 1.165) is 36.9 Å². The lowest BCUT2D eigenvalue weighted by Gasteiger charge is -2.32. The van der Waals surface area contributed by atoms with Crippen LogP contribution >= 0.6 is 22.9 Å². The molecule has 3 aromatic rings. The number of nitrogens with one attached hydrogen (secondary N) is 3. The first kappa shape index (κ1) is 25.0. The molecule has 1 aliphatic rings. The molecule has 0 bridgehead atoms. The maximum absolute atomic E-state index is 12.9. The fraction of sp³-hybridized carbons (Fsp3) is 0.346. The van der Waals surface area contributed by atoms with Crippen LogP contribution in [0.5, 0.6) is 5.75 Å². The second-order valence-electron chi connectivity index (χ2n) is 8.74. The number of anilines is 1. The van der Waals surface area contributed by atoms with Crippen LogP contribution in [-0.2, 0) is 6.61 Å². The molecule has 2 aromatic carbocycles. The highest BCUT2D eigenvalue weighted by atomic mass is 35.5. The predicted octanol–water partition coefficient (Wildman–Crippen LogP) is 5.86. The molecule has 0 spiro atoms. The van der Waals surface area contributed by atoms with Crippen LogP contribution in [-0.4, -0.2) is 29.0 Å². The zero-order valence-electron chi connectivity index (χ0n) is 19.8. The number of carbonyl (C=O) groups is 2. The lowest BCUT2D eigenvalue weighted by Crippen LogP contribution is -2.54. The van der Waals surface area contributed by atoms with Crippen molar-refractivity contribution in [3.05, 3.63) is 74.7 Å². The Hall–Kier alpha value is -3.10. The smallest absolute Gasteiger partial charge is 0.319 e. The second-order valence-corrected chi connectivity index (χ2v) is 10.1. The quantitative estimate of drug-likeness (QED) is 0.370. The fourth-order valence-corrected chi connectivity index (χ4v) is 4.84. The molecule has 1 aliphatic carbocycles. The summed E-state index contributed by atoms with van der Waals surface area (Å²) in [7, 11) is 0. The van der Waals surface area contributed by atoms with E-state index in [9.17, 15) is 9.59 Å². The SMILES string of the molecule is Cc1ccc(NC(=O)N[C@@H]2CCCC[C@@H]2NC(=O)c2csc(COc3ccc(Cl)cc3)n2)cc1C. The topological polar surface area (TPSA) is 92.4 Å². The zero-order valence-corrected chi connectivity index (χ0v) is 21.3. The first-order valence-electron chi connectivity index (χ1n) is 11.7. The number of rotatable bonds is 7. The van der Waals surface area contributed by atoms with Gasteiger partial charge < -0.3 is 20.7 Å². The van der Waals surface area contributed by atoms with Crippen LogP contribution in [0.1, 0.15) is 52.3 Å². The van der Waals surface area contributed by atoms with E-state index in [2.05, 4.69) is 20.9 Å². The van der Waals surface area contributed by atoms with Crippen LogP contribution in [0, 0.1) is 13.8 Å². The summed E-state index contributed by atoms with van der Waals surface area (Å²) in [6.07, 6.45) is 3.61. The molecule has 1 saturated carbocycles. The summed E-state index contributed by atoms with van der Waals surface area (Å²) in [5, 5.41) is 12.1. The van der Waals surface area contributed by atoms with Gasteiger partial charge in [-0.1, -0.05) is 30.5 Å². The Morgan fingerprint density at radius 1 is 1.03 bits per heavy atom. The van der Waals surface area contributed by atoms with E-state index in [1.165, 1.54) is 16.9 Å². The second kappa shape index (κ2) is 11.6. The van der Waals surface area contributed by atoms with Crippen molar-refractivity contribution in [2.45, 2.75) is 58.2 Å². The third-order valence-corrected chi connectivity index (χ3v) is 7.20. The summed E-state index contributed by atoms with van der Waals surface area (Å²) in [4.78, 5) is 29.9. The summed E-state index contributed by atoms with van der Waals surface area (Å²) >= 11 is 7.27. The van der Waals surface area contributed by atoms with Gasteiger partial charge in [-0.05, 0) is 74.2 Å². The molecular weight excluding hydrogens is 484 g/mol. The lowest BCUT2D eigenvalue weighted by atomic mass is 9.90. The van der Waals surface area contributed by atoms with Crippen molar-refractivity contribution in [3.63, 3.8) is 0 Å². The third kappa shape index (κ3) is 6.96. The van der Waals surface area contributed by atoms with Crippen molar-refractivity contribution < 1.29 is 14.3 Å². The number of ether oxygens (including phenoxy) is 1. The molecule has 9 heteroatoms. The molecule has 1 fully saturated rings. The Morgan fingerprint density at radius 3 is 2.46 bits per heavy atom. The van der Waals surface area contributed by atoms with Gasteiger partial charge in [0, 0.05) is 22.1 Å². The first-order chi connectivity index (χ1) is 16.9. The molecule has 1 aromatic heterocycles. The molecule has 4 rings (SSSR count). The molecule has 0 radical (unpaired) electrons. The van der Waals surface area contributed by atoms with Gasteiger partial charge in [0.05, 0.1) is 6.04 Å². The third-order valence-electron chi connectivity index (χ3n) is 6.12. The van der Waals surface area contributed by atoms with Crippen molar-refractivity contribution in [2.24, 2.45) is 0 Å². The van der Waals surface area contributed by atoms with Gasteiger partial charge in [0.2, 0.25) is 0 Å². The molecule has 2 atom stereocenters. The van der Waals surface area contributed by atoms with Gasteiger partial charge in [0.1, 0.15) is 23.1 Å². The van der Waals surface area contributed by atoms with Crippen LogP contribution < -0.4 is 20.7 Å². The van der Waals surface area contributed by atoms with Gasteiger partial charge >= 0.3 is 6.03 Å². The van der Waals surface area contributed by atoms with Gasteiger partial charge in [0.15, 0.2) is 0 Å². The molecular formula is C26H29ClN4O3S. The summed E-state index contributed by atoms with van der Waals surface area (Å²) in [5.41, 5.74) is 3.39. The largest absolute Gasteiger partial charge is 0.486 e. The number of nitrogens with zero attached hydrogens (tertiary/aromatic N) is 1. The average Bonchev–Trinajstić information content (AvgIpc) is 3.32. The Morgan fingerprint density at radius 2 is 1.74 bits per heavy atom. The van der Waals surface area contributed by atoms with Crippen molar-refractivity contribution in [2.75, 3.05) is 5.32 Å². The Kier molecular flexibility index (Phi) is 8.25. The molecule has 3 N–H and O–H groups in total. The van der Waals surface area contributed by atoms with Gasteiger partial charge in [0.25, 0.3) is 5.91 Å². The Balaban J connectivity index is 1.31. The molecule has 3 amide bonds. The van der Waals surface area contributed by atoms with Crippen molar-refractivity contribution in [1.29, 1.82) is 0 Å². The van der Waals surface area contributed by atoms with Crippen molar-refractivity contribution >= 4 is 40.6 Å². The normalized spacial score (nSPS) is 17.5. The number of aromatic nitrogens is 1. The van der Waals surface area contributed by atoms with E-state index in [1.54, 1.807) is 29.6 Å². The minimum atomic E-state index is -0.269. The first-order valence-corrected chi connectivity index (χ1v) is 12.9. The van der Waals surface area contributed by atoms with Gasteiger partial charge in [-0.2, -0.15) is 0 Å². The summed E-state index contributed by atoms with van der Waals surface area (Å²) in [6.45, 7) is 4.32. The number of benzene rings is 2. The van der Waals surface area contributed by atoms with Crippen molar-refractivity contribution in [1.82, 2.24) is 15.6 Å². The molecule has 0 saturated heterocycles. The van der Waals surface area contributed by atoms with Crippen LogP contribution in [0.15, 0.2) is 47.8 Å². The van der Waals surface area contributed by atoms with Gasteiger partial charge in [-0.25, -0.2) is 9.78 Å². The Labute approximate surface area is 214 Å². The number of halogens is 1. The fourth-order valence-electron chi connectivity index (χ4n) is 4.03. The minimum Gasteiger partial charge on any atom is -0.486 e. The van der Waals surface area contributed by atoms with E-state index in [4.69, 9.17) is 16.3 Å². The van der Waals surface area contributed by atoms with Gasteiger partial charge in [-0.3, -0.25) is 4.79 Å². The number of hydrogen-bond donors (Lipinski definition) is 3. The highest BCUT2D eigenvalue weighted by Crippen LogP contribution is 2.21. The minimum absolute atomic E-state index is 0.148. The van der Waals surface area contributed by atoms with Crippen LogP contribution in [0.3, 0.4) is 0 Å². The number of urea groups is 1. The number of carbonyl (C=O) groups excluding carboxylic acids is 2. The molecule has 184 valence electrons. The van der Waals surface area contributed by atoms with Crippen LogP contribution in [0.25, 0.3) is 0 Å². The average molecular weight is 513 g/mol. The predicted molar refractivity (Wildman–Crippen MR) is 139 cm³/mol. The number of hydrogen-bond acceptors (Lipinski definition) is 5. The van der Waals surface area contributed by atoms with E-state index in [-0.39, 0.29) is 30.6 Å². The summed E-state index contributed by atoms with van der Waals surface area (Å²) in [6, 6.07) is 12.3. The van der Waals surface area contributed by atoms with Gasteiger partial charge in [-0.15, -0.1) is 11.3 Å². The van der Waals surface area contributed by atoms with E-state index in [1.807, 2.05) is 32.0 Å². The molecule has 0 unspecified atom stereocenters. The number of amides is 3. The van der Waals surface area contributed by atoms with Crippen molar-refractivity contribution in [3.8, 4) is 5.75 Å². The zero-order chi connectivity index (χ0) is 24.8.